The van der Waals surface area contributed by atoms with Crippen molar-refractivity contribution in [2.24, 2.45) is 0 Å². The van der Waals surface area contributed by atoms with E-state index in [1.807, 2.05) is 43.0 Å². The first-order chi connectivity index (χ1) is 16.9. The first-order valence-electron chi connectivity index (χ1n) is 12.0. The molecule has 8 heteroatoms. The molecule has 35 heavy (non-hydrogen) atoms. The number of hydrogen-bond acceptors (Lipinski definition) is 6. The fraction of sp³-hybridized carbons (Fsp3) is 0.370. The Kier molecular flexibility index (Phi) is 7.82. The number of para-hydroxylation sites is 1. The van der Waals surface area contributed by atoms with Crippen LogP contribution in [0.4, 0.5) is 5.69 Å². The number of aromatic nitrogens is 1. The van der Waals surface area contributed by atoms with Crippen molar-refractivity contribution in [1.29, 1.82) is 0 Å². The Bertz CT molecular complexity index is 1140. The van der Waals surface area contributed by atoms with E-state index < -0.39 is 0 Å². The van der Waals surface area contributed by atoms with Crippen molar-refractivity contribution in [3.8, 4) is 5.75 Å². The van der Waals surface area contributed by atoms with Gasteiger partial charge in [0.05, 0.1) is 17.8 Å². The summed E-state index contributed by atoms with van der Waals surface area (Å²) in [6.45, 7) is 8.99. The Balaban J connectivity index is 1.24. The molecule has 0 radical (unpaired) electrons. The number of nitrogens with zero attached hydrogens (tertiary/aromatic N) is 3. The third kappa shape index (κ3) is 6.08. The van der Waals surface area contributed by atoms with Crippen LogP contribution in [0.25, 0.3) is 0 Å². The highest BCUT2D eigenvalue weighted by Crippen LogP contribution is 2.19. The highest BCUT2D eigenvalue weighted by atomic mass is 16.5. The number of anilines is 1. The Morgan fingerprint density at radius 1 is 1.03 bits per heavy atom. The number of amides is 2. The fourth-order valence-corrected chi connectivity index (χ4v) is 4.19. The van der Waals surface area contributed by atoms with Crippen LogP contribution in [0.3, 0.4) is 0 Å². The monoisotopic (exact) mass is 476 g/mol. The topological polar surface area (TPSA) is 87.9 Å². The second-order valence-corrected chi connectivity index (χ2v) is 8.74. The van der Waals surface area contributed by atoms with Crippen LogP contribution in [-0.4, -0.2) is 59.5 Å². The number of nitrogens with one attached hydrogen (secondary N) is 1. The lowest BCUT2D eigenvalue weighted by atomic mass is 10.1. The summed E-state index contributed by atoms with van der Waals surface area (Å²) in [5.41, 5.74) is 4.37. The van der Waals surface area contributed by atoms with Crippen molar-refractivity contribution in [2.45, 2.75) is 33.8 Å². The summed E-state index contributed by atoms with van der Waals surface area (Å²) in [6, 6.07) is 15.0. The molecule has 3 aromatic rings. The van der Waals surface area contributed by atoms with Gasteiger partial charge in [-0.15, -0.1) is 0 Å². The van der Waals surface area contributed by atoms with E-state index in [4.69, 9.17) is 9.26 Å². The Morgan fingerprint density at radius 3 is 2.40 bits per heavy atom. The largest absolute Gasteiger partial charge is 0.489 e. The Morgan fingerprint density at radius 2 is 1.74 bits per heavy atom. The van der Waals surface area contributed by atoms with Crippen molar-refractivity contribution in [1.82, 2.24) is 15.0 Å². The molecule has 2 amide bonds. The number of carbonyl (C=O) groups is 2. The first-order valence-corrected chi connectivity index (χ1v) is 12.0. The molecule has 0 unspecified atom stereocenters. The molecule has 1 N–H and O–H groups in total. The molecule has 1 fully saturated rings. The van der Waals surface area contributed by atoms with E-state index in [0.29, 0.717) is 50.6 Å². The maximum atomic E-state index is 13.0. The number of rotatable bonds is 8. The molecule has 2 heterocycles. The maximum absolute atomic E-state index is 13.0. The molecule has 0 spiro atoms. The van der Waals surface area contributed by atoms with E-state index in [9.17, 15) is 9.59 Å². The molecule has 0 atom stereocenters. The van der Waals surface area contributed by atoms with Gasteiger partial charge < -0.3 is 19.5 Å². The highest BCUT2D eigenvalue weighted by molar-refractivity contribution is 5.94. The minimum atomic E-state index is -0.0298. The molecule has 1 aliphatic heterocycles. The first kappa shape index (κ1) is 24.5. The number of piperazine rings is 1. The zero-order valence-electron chi connectivity index (χ0n) is 20.5. The van der Waals surface area contributed by atoms with Gasteiger partial charge in [0.2, 0.25) is 5.91 Å². The summed E-state index contributed by atoms with van der Waals surface area (Å²) >= 11 is 0. The summed E-state index contributed by atoms with van der Waals surface area (Å²) < 4.78 is 11.0. The summed E-state index contributed by atoms with van der Waals surface area (Å²) in [4.78, 5) is 29.4. The average Bonchev–Trinajstić information content (AvgIpc) is 3.20. The van der Waals surface area contributed by atoms with Gasteiger partial charge in [0.25, 0.3) is 5.91 Å². The standard InChI is InChI=1S/C27H32N4O4/c1-4-21-7-5-6-8-25(21)28-26(32)17-30-13-15-31(16-14-30)27(33)22-9-11-23(12-10-22)34-18-24-19(2)29-35-20(24)3/h5-12H,4,13-18H2,1-3H3,(H,28,32). The molecule has 8 nitrogen and oxygen atoms in total. The van der Waals surface area contributed by atoms with E-state index >= 15 is 0 Å². The van der Waals surface area contributed by atoms with Crippen LogP contribution in [0.1, 0.15) is 39.9 Å². The highest BCUT2D eigenvalue weighted by Gasteiger charge is 2.23. The van der Waals surface area contributed by atoms with Gasteiger partial charge in [-0.1, -0.05) is 30.3 Å². The van der Waals surface area contributed by atoms with E-state index in [2.05, 4.69) is 22.3 Å². The lowest BCUT2D eigenvalue weighted by Gasteiger charge is -2.34. The van der Waals surface area contributed by atoms with E-state index in [-0.39, 0.29) is 11.8 Å². The predicted molar refractivity (Wildman–Crippen MR) is 134 cm³/mol. The van der Waals surface area contributed by atoms with Crippen LogP contribution in [0.2, 0.25) is 0 Å². The summed E-state index contributed by atoms with van der Waals surface area (Å²) in [6.07, 6.45) is 0.867. The van der Waals surface area contributed by atoms with Crippen LogP contribution >= 0.6 is 0 Å². The lowest BCUT2D eigenvalue weighted by molar-refractivity contribution is -0.117. The lowest BCUT2D eigenvalue weighted by Crippen LogP contribution is -2.50. The minimum absolute atomic E-state index is 0.0109. The zero-order chi connectivity index (χ0) is 24.8. The summed E-state index contributed by atoms with van der Waals surface area (Å²) in [5, 5.41) is 6.95. The fourth-order valence-electron chi connectivity index (χ4n) is 4.19. The van der Waals surface area contributed by atoms with Gasteiger partial charge in [-0.25, -0.2) is 0 Å². The third-order valence-corrected chi connectivity index (χ3v) is 6.36. The molecule has 0 aliphatic carbocycles. The molecule has 0 bridgehead atoms. The number of ether oxygens (including phenoxy) is 1. The Labute approximate surface area is 205 Å². The van der Waals surface area contributed by atoms with Crippen molar-refractivity contribution >= 4 is 17.5 Å². The molecule has 1 aromatic heterocycles. The number of carbonyl (C=O) groups excluding carboxylic acids is 2. The molecule has 1 aliphatic rings. The average molecular weight is 477 g/mol. The Hall–Kier alpha value is -3.65. The third-order valence-electron chi connectivity index (χ3n) is 6.36. The van der Waals surface area contributed by atoms with E-state index in [0.717, 1.165) is 34.7 Å². The molecular formula is C27H32N4O4. The minimum Gasteiger partial charge on any atom is -0.489 e. The van der Waals surface area contributed by atoms with Crippen molar-refractivity contribution in [2.75, 3.05) is 38.0 Å². The van der Waals surface area contributed by atoms with Crippen LogP contribution < -0.4 is 10.1 Å². The summed E-state index contributed by atoms with van der Waals surface area (Å²) in [5.74, 6) is 1.39. The van der Waals surface area contributed by atoms with Gasteiger partial charge in [-0.3, -0.25) is 14.5 Å². The number of aryl methyl sites for hydroxylation is 3. The van der Waals surface area contributed by atoms with Crippen LogP contribution in [-0.2, 0) is 17.8 Å². The molecule has 0 saturated carbocycles. The van der Waals surface area contributed by atoms with E-state index in [1.165, 1.54) is 0 Å². The SMILES string of the molecule is CCc1ccccc1NC(=O)CN1CCN(C(=O)c2ccc(OCc3c(C)noc3C)cc2)CC1. The zero-order valence-corrected chi connectivity index (χ0v) is 20.5. The predicted octanol–water partition coefficient (Wildman–Crippen LogP) is 3.83. The second kappa shape index (κ2) is 11.2. The normalized spacial score (nSPS) is 14.1. The molecule has 1 saturated heterocycles. The molecular weight excluding hydrogens is 444 g/mol. The molecule has 184 valence electrons. The van der Waals surface area contributed by atoms with Gasteiger partial charge in [-0.2, -0.15) is 0 Å². The van der Waals surface area contributed by atoms with Gasteiger partial charge >= 0.3 is 0 Å². The van der Waals surface area contributed by atoms with Crippen LogP contribution in [0, 0.1) is 13.8 Å². The maximum Gasteiger partial charge on any atom is 0.253 e. The molecule has 4 rings (SSSR count). The van der Waals surface area contributed by atoms with Crippen molar-refractivity contribution in [3.63, 3.8) is 0 Å². The smallest absolute Gasteiger partial charge is 0.253 e. The van der Waals surface area contributed by atoms with Gasteiger partial charge in [0.1, 0.15) is 18.1 Å². The summed E-state index contributed by atoms with van der Waals surface area (Å²) in [7, 11) is 0. The van der Waals surface area contributed by atoms with E-state index in [1.54, 1.807) is 24.3 Å². The van der Waals surface area contributed by atoms with Crippen LogP contribution in [0.15, 0.2) is 53.1 Å². The second-order valence-electron chi connectivity index (χ2n) is 8.74. The molecule has 2 aromatic carbocycles. The number of hydrogen-bond donors (Lipinski definition) is 1. The van der Waals surface area contributed by atoms with Crippen LogP contribution in [0.5, 0.6) is 5.75 Å². The number of benzene rings is 2. The van der Waals surface area contributed by atoms with Gasteiger partial charge in [-0.05, 0) is 56.2 Å². The van der Waals surface area contributed by atoms with Crippen molar-refractivity contribution in [3.05, 3.63) is 76.7 Å². The van der Waals surface area contributed by atoms with Crippen molar-refractivity contribution < 1.29 is 18.8 Å². The van der Waals surface area contributed by atoms with Gasteiger partial charge in [0.15, 0.2) is 0 Å². The van der Waals surface area contributed by atoms with Gasteiger partial charge in [0, 0.05) is 37.4 Å². The quantitative estimate of drug-likeness (QED) is 0.532.